The average molecular weight is 544 g/mol. The summed E-state index contributed by atoms with van der Waals surface area (Å²) in [5.41, 5.74) is 0.712. The lowest BCUT2D eigenvalue weighted by atomic mass is 10.0. The van der Waals surface area contributed by atoms with Crippen LogP contribution < -0.4 is 20.3 Å². The number of hydrogen-bond acceptors (Lipinski definition) is 7. The molecule has 6 amide bonds. The van der Waals surface area contributed by atoms with Gasteiger partial charge in [-0.05, 0) is 42.3 Å². The summed E-state index contributed by atoms with van der Waals surface area (Å²) in [6.07, 6.45) is 0.428. The van der Waals surface area contributed by atoms with Crippen LogP contribution in [0.5, 0.6) is 0 Å². The Hall–Kier alpha value is -4.17. The third kappa shape index (κ3) is 4.63. The Labute approximate surface area is 216 Å². The van der Waals surface area contributed by atoms with Crippen LogP contribution in [0.2, 0.25) is 0 Å². The molecular weight excluding hydrogens is 521 g/mol. The van der Waals surface area contributed by atoms with Gasteiger partial charge in [0.15, 0.2) is 5.82 Å². The van der Waals surface area contributed by atoms with E-state index in [1.54, 1.807) is 6.07 Å². The summed E-state index contributed by atoms with van der Waals surface area (Å²) in [5.74, 6) is -3.28. The van der Waals surface area contributed by atoms with Gasteiger partial charge in [-0.3, -0.25) is 29.4 Å². The van der Waals surface area contributed by atoms with Gasteiger partial charge < -0.3 is 15.2 Å². The Balaban J connectivity index is 1.24. The highest BCUT2D eigenvalue weighted by molar-refractivity contribution is 7.99. The van der Waals surface area contributed by atoms with Gasteiger partial charge in [0.25, 0.3) is 11.8 Å². The number of nitrogens with one attached hydrogen (secondary N) is 3. The normalized spacial score (nSPS) is 22.9. The first kappa shape index (κ1) is 25.5. The second kappa shape index (κ2) is 9.61. The highest BCUT2D eigenvalue weighted by Crippen LogP contribution is 2.32. The molecule has 38 heavy (non-hydrogen) atoms. The SMILES string of the molecule is O=C1CCC(N2C(=O)c3ccc(CNC(=O)Nc4ccc(F)c(N5CCC[S+]5(=O)[O-])c4)cc3C2=O)C(=O)N1. The molecule has 2 saturated heterocycles. The standard InChI is InChI=1S/C24H22FN5O7S/c25-17-5-3-14(11-19(17)29-8-1-9-38(29,36)37)27-24(35)26-12-13-2-4-15-16(10-13)23(34)30(22(15)33)18-6-7-20(31)28-21(18)32/h2-5,10-11,18H,1,6-9,12H2,(H3-,26,27,28,31,32,35,36,37). The summed E-state index contributed by atoms with van der Waals surface area (Å²) < 4.78 is 39.6. The first-order valence-corrected chi connectivity index (χ1v) is 13.4. The predicted molar refractivity (Wildman–Crippen MR) is 131 cm³/mol. The van der Waals surface area contributed by atoms with Crippen molar-refractivity contribution in [1.82, 2.24) is 15.5 Å². The smallest absolute Gasteiger partial charge is 0.319 e. The van der Waals surface area contributed by atoms with Gasteiger partial charge in [-0.25, -0.2) is 9.18 Å². The van der Waals surface area contributed by atoms with Gasteiger partial charge >= 0.3 is 6.03 Å². The molecule has 2 aromatic carbocycles. The third-order valence-corrected chi connectivity index (χ3v) is 8.38. The van der Waals surface area contributed by atoms with Crippen molar-refractivity contribution in [3.8, 4) is 0 Å². The number of rotatable bonds is 5. The van der Waals surface area contributed by atoms with E-state index >= 15 is 0 Å². The van der Waals surface area contributed by atoms with Crippen molar-refractivity contribution in [2.45, 2.75) is 31.8 Å². The minimum absolute atomic E-state index is 0.0114. The number of nitrogens with zero attached hydrogens (tertiary/aromatic N) is 2. The zero-order valence-corrected chi connectivity index (χ0v) is 20.6. The molecule has 3 aliphatic rings. The van der Waals surface area contributed by atoms with Crippen LogP contribution in [0.1, 0.15) is 45.5 Å². The second-order valence-corrected chi connectivity index (χ2v) is 11.1. The molecular formula is C24H22FN5O7S. The molecule has 2 unspecified atom stereocenters. The Morgan fingerprint density at radius 3 is 2.58 bits per heavy atom. The Kier molecular flexibility index (Phi) is 6.44. The molecule has 2 atom stereocenters. The van der Waals surface area contributed by atoms with Crippen molar-refractivity contribution < 1.29 is 37.1 Å². The van der Waals surface area contributed by atoms with Gasteiger partial charge in [0, 0.05) is 25.1 Å². The van der Waals surface area contributed by atoms with E-state index < -0.39 is 51.9 Å². The fourth-order valence-corrected chi connectivity index (χ4v) is 6.24. The lowest BCUT2D eigenvalue weighted by Crippen LogP contribution is -2.54. The largest absolute Gasteiger partial charge is 0.593 e. The number of imide groups is 2. The number of amides is 6. The van der Waals surface area contributed by atoms with Gasteiger partial charge in [0.05, 0.1) is 17.7 Å². The van der Waals surface area contributed by atoms with E-state index in [0.29, 0.717) is 12.0 Å². The third-order valence-electron chi connectivity index (χ3n) is 6.53. The summed E-state index contributed by atoms with van der Waals surface area (Å²) in [6, 6.07) is 6.27. The number of piperidine rings is 1. The maximum atomic E-state index is 14.3. The molecule has 0 saturated carbocycles. The number of halogens is 1. The van der Waals surface area contributed by atoms with E-state index in [1.807, 2.05) is 0 Å². The number of anilines is 2. The predicted octanol–water partition coefficient (Wildman–Crippen LogP) is 1.30. The van der Waals surface area contributed by atoms with Crippen molar-refractivity contribution in [3.05, 3.63) is 58.9 Å². The summed E-state index contributed by atoms with van der Waals surface area (Å²) in [6.45, 7) is 0.114. The minimum Gasteiger partial charge on any atom is -0.593 e. The van der Waals surface area contributed by atoms with Gasteiger partial charge in [-0.15, -0.1) is 0 Å². The fraction of sp³-hybridized carbons (Fsp3) is 0.292. The quantitative estimate of drug-likeness (QED) is 0.377. The van der Waals surface area contributed by atoms with Crippen molar-refractivity contribution in [2.24, 2.45) is 0 Å². The monoisotopic (exact) mass is 543 g/mol. The van der Waals surface area contributed by atoms with E-state index in [0.717, 1.165) is 15.3 Å². The van der Waals surface area contributed by atoms with Crippen molar-refractivity contribution >= 4 is 51.4 Å². The molecule has 12 nitrogen and oxygen atoms in total. The second-order valence-electron chi connectivity index (χ2n) is 9.04. The lowest BCUT2D eigenvalue weighted by Gasteiger charge is -2.27. The molecule has 0 radical (unpaired) electrons. The van der Waals surface area contributed by atoms with Crippen molar-refractivity contribution in [1.29, 1.82) is 0 Å². The highest BCUT2D eigenvalue weighted by Gasteiger charge is 2.44. The number of benzene rings is 2. The number of sulfonamides is 1. The first-order chi connectivity index (χ1) is 18.0. The molecule has 14 heteroatoms. The summed E-state index contributed by atoms with van der Waals surface area (Å²) >= 11 is 0. The summed E-state index contributed by atoms with van der Waals surface area (Å²) in [7, 11) is -3.61. The highest BCUT2D eigenvalue weighted by atomic mass is 32.3. The maximum Gasteiger partial charge on any atom is 0.319 e. The van der Waals surface area contributed by atoms with Crippen LogP contribution in [-0.2, 0) is 30.7 Å². The lowest BCUT2D eigenvalue weighted by molar-refractivity contribution is -0.136. The van der Waals surface area contributed by atoms with E-state index in [2.05, 4.69) is 16.0 Å². The topological polar surface area (TPSA) is 168 Å². The van der Waals surface area contributed by atoms with Gasteiger partial charge in [-0.2, -0.15) is 4.31 Å². The maximum absolute atomic E-state index is 14.3. The Morgan fingerprint density at radius 2 is 1.87 bits per heavy atom. The van der Waals surface area contributed by atoms with E-state index in [1.165, 1.54) is 24.3 Å². The van der Waals surface area contributed by atoms with Crippen LogP contribution in [0, 0.1) is 5.82 Å². The summed E-state index contributed by atoms with van der Waals surface area (Å²) in [5, 5.41) is 7.23. The van der Waals surface area contributed by atoms with E-state index in [4.69, 9.17) is 0 Å². The van der Waals surface area contributed by atoms with Crippen LogP contribution in [0.4, 0.5) is 20.6 Å². The molecule has 2 fully saturated rings. The van der Waals surface area contributed by atoms with Crippen LogP contribution in [0.25, 0.3) is 0 Å². The van der Waals surface area contributed by atoms with Crippen molar-refractivity contribution in [3.63, 3.8) is 0 Å². The first-order valence-electron chi connectivity index (χ1n) is 11.7. The Morgan fingerprint density at radius 1 is 1.11 bits per heavy atom. The van der Waals surface area contributed by atoms with Gasteiger partial charge in [0.2, 0.25) is 11.8 Å². The molecule has 0 aliphatic carbocycles. The molecule has 198 valence electrons. The van der Waals surface area contributed by atoms with Gasteiger partial charge in [-0.1, -0.05) is 10.3 Å². The molecule has 2 aromatic rings. The van der Waals surface area contributed by atoms with Crippen LogP contribution in [0.15, 0.2) is 36.4 Å². The molecule has 0 aromatic heterocycles. The molecule has 3 aliphatic heterocycles. The summed E-state index contributed by atoms with van der Waals surface area (Å²) in [4.78, 5) is 62.6. The van der Waals surface area contributed by atoms with E-state index in [9.17, 15) is 37.1 Å². The molecule has 5 rings (SSSR count). The van der Waals surface area contributed by atoms with Gasteiger partial charge in [0.1, 0.15) is 27.9 Å². The van der Waals surface area contributed by atoms with Crippen LogP contribution >= 0.6 is 0 Å². The number of carbonyl (C=O) groups excluding carboxylic acids is 5. The van der Waals surface area contributed by atoms with Crippen molar-refractivity contribution in [2.75, 3.05) is 21.9 Å². The fourth-order valence-electron chi connectivity index (χ4n) is 4.68. The number of hydrogen-bond donors (Lipinski definition) is 3. The molecule has 3 N–H and O–H groups in total. The number of carbonyl (C=O) groups is 5. The van der Waals surface area contributed by atoms with Crippen LogP contribution in [-0.4, -0.2) is 57.5 Å². The van der Waals surface area contributed by atoms with E-state index in [-0.39, 0.29) is 54.2 Å². The molecule has 3 heterocycles. The van der Waals surface area contributed by atoms with Crippen LogP contribution in [0.3, 0.4) is 0 Å². The molecule has 0 bridgehead atoms. The average Bonchev–Trinajstić information content (AvgIpc) is 3.34. The number of urea groups is 1. The Bertz CT molecular complexity index is 1450. The zero-order valence-electron chi connectivity index (χ0n) is 19.8. The molecule has 0 spiro atoms. The number of fused-ring (bicyclic) bond motifs is 1. The minimum atomic E-state index is -3.61. The zero-order chi connectivity index (χ0) is 27.2.